The molecule has 0 radical (unpaired) electrons. The average molecular weight is 488 g/mol. The summed E-state index contributed by atoms with van der Waals surface area (Å²) in [5.74, 6) is -6.48. The third-order valence-electron chi connectivity index (χ3n) is 5.40. The van der Waals surface area contributed by atoms with Gasteiger partial charge in [-0.25, -0.2) is 4.79 Å². The number of hydrogen-bond donors (Lipinski definition) is 7. The quantitative estimate of drug-likeness (QED) is 0.122. The molecule has 1 rings (SSSR count). The van der Waals surface area contributed by atoms with Gasteiger partial charge in [-0.2, -0.15) is 0 Å². The molecule has 0 aromatic carbocycles. The lowest BCUT2D eigenvalue weighted by molar-refractivity contribution is -0.150. The number of hydrogen-bond acceptors (Lipinski definition) is 8. The molecule has 0 saturated carbocycles. The molecule has 0 aromatic rings. The molecular weight excluding hydrogens is 454 g/mol. The summed E-state index contributed by atoms with van der Waals surface area (Å²) in [6.45, 7) is 0.495. The van der Waals surface area contributed by atoms with Gasteiger partial charge in [-0.15, -0.1) is 0 Å². The average Bonchev–Trinajstić information content (AvgIpc) is 3.25. The fraction of sp³-hybridized carbons (Fsp3) is 0.700. The number of nitrogens with one attached hydrogen (secondary N) is 2. The highest BCUT2D eigenvalue weighted by Crippen LogP contribution is 2.19. The molecule has 9 N–H and O–H groups in total. The van der Waals surface area contributed by atoms with Crippen molar-refractivity contribution in [3.8, 4) is 0 Å². The summed E-state index contributed by atoms with van der Waals surface area (Å²) in [4.78, 5) is 72.8. The van der Waals surface area contributed by atoms with Crippen molar-refractivity contribution in [2.24, 2.45) is 11.5 Å². The highest BCUT2D eigenvalue weighted by molar-refractivity contribution is 5.96. The Labute approximate surface area is 196 Å². The molecule has 1 fully saturated rings. The van der Waals surface area contributed by atoms with E-state index in [2.05, 4.69) is 10.6 Å². The van der Waals surface area contributed by atoms with Crippen LogP contribution in [-0.4, -0.2) is 93.1 Å². The van der Waals surface area contributed by atoms with Crippen LogP contribution in [0, 0.1) is 0 Å². The first-order valence-electron chi connectivity index (χ1n) is 11.0. The summed E-state index contributed by atoms with van der Waals surface area (Å²) in [5.41, 5.74) is 11.2. The summed E-state index contributed by atoms with van der Waals surface area (Å²) in [7, 11) is 0. The zero-order valence-electron chi connectivity index (χ0n) is 18.8. The van der Waals surface area contributed by atoms with E-state index in [9.17, 15) is 39.0 Å². The number of unbranched alkanes of at least 4 members (excludes halogenated alkanes) is 1. The van der Waals surface area contributed by atoms with E-state index in [0.29, 0.717) is 25.8 Å². The molecule has 1 heterocycles. The summed E-state index contributed by atoms with van der Waals surface area (Å²) in [6, 6.07) is -5.13. The van der Waals surface area contributed by atoms with Crippen molar-refractivity contribution in [2.75, 3.05) is 13.1 Å². The van der Waals surface area contributed by atoms with Crippen molar-refractivity contribution in [3.05, 3.63) is 0 Å². The van der Waals surface area contributed by atoms with E-state index in [1.54, 1.807) is 0 Å². The van der Waals surface area contributed by atoms with Gasteiger partial charge in [-0.3, -0.25) is 24.0 Å². The molecule has 1 aliphatic heterocycles. The lowest BCUT2D eigenvalue weighted by atomic mass is 10.1. The number of amides is 3. The van der Waals surface area contributed by atoms with E-state index < -0.39 is 72.6 Å². The minimum absolute atomic E-state index is 0.0820. The third-order valence-corrected chi connectivity index (χ3v) is 5.40. The lowest BCUT2D eigenvalue weighted by Gasteiger charge is -2.28. The smallest absolute Gasteiger partial charge is 0.326 e. The molecule has 0 spiro atoms. The molecule has 0 aromatic heterocycles. The first kappa shape index (κ1) is 28.8. The Hall–Kier alpha value is -3.26. The second kappa shape index (κ2) is 14.1. The largest absolute Gasteiger partial charge is 0.481 e. The van der Waals surface area contributed by atoms with Crippen LogP contribution >= 0.6 is 0 Å². The number of nitrogens with two attached hydrogens (primary N) is 2. The molecule has 0 bridgehead atoms. The second-order valence-electron chi connectivity index (χ2n) is 8.07. The Balaban J connectivity index is 2.97. The van der Waals surface area contributed by atoms with Crippen molar-refractivity contribution in [3.63, 3.8) is 0 Å². The second-order valence-corrected chi connectivity index (χ2v) is 8.07. The van der Waals surface area contributed by atoms with Crippen LogP contribution in [0.3, 0.4) is 0 Å². The highest BCUT2D eigenvalue weighted by atomic mass is 16.4. The summed E-state index contributed by atoms with van der Waals surface area (Å²) in [5, 5.41) is 32.0. The zero-order chi connectivity index (χ0) is 25.8. The molecule has 192 valence electrons. The molecule has 1 aliphatic rings. The molecule has 3 amide bonds. The summed E-state index contributed by atoms with van der Waals surface area (Å²) < 4.78 is 0. The van der Waals surface area contributed by atoms with Gasteiger partial charge in [0.2, 0.25) is 17.7 Å². The van der Waals surface area contributed by atoms with E-state index in [1.807, 2.05) is 0 Å². The molecule has 4 unspecified atom stereocenters. The van der Waals surface area contributed by atoms with Crippen LogP contribution in [0.2, 0.25) is 0 Å². The van der Waals surface area contributed by atoms with Crippen LogP contribution in [0.15, 0.2) is 0 Å². The molecule has 14 nitrogen and oxygen atoms in total. The van der Waals surface area contributed by atoms with Gasteiger partial charge < -0.3 is 42.3 Å². The maximum atomic E-state index is 12.9. The maximum absolute atomic E-state index is 12.9. The Bertz CT molecular complexity index is 776. The number of rotatable bonds is 15. The van der Waals surface area contributed by atoms with Crippen molar-refractivity contribution in [1.29, 1.82) is 0 Å². The van der Waals surface area contributed by atoms with E-state index in [0.717, 1.165) is 4.90 Å². The molecule has 34 heavy (non-hydrogen) atoms. The van der Waals surface area contributed by atoms with E-state index in [-0.39, 0.29) is 25.8 Å². The van der Waals surface area contributed by atoms with Gasteiger partial charge >= 0.3 is 17.9 Å². The SMILES string of the molecule is NCCCCC(N)C(=O)NC(CCC(=O)O)C(=O)NC(CC(=O)O)C(=O)N1CCCC1C(=O)O. The zero-order valence-corrected chi connectivity index (χ0v) is 18.8. The lowest BCUT2D eigenvalue weighted by Crippen LogP contribution is -2.57. The van der Waals surface area contributed by atoms with Gasteiger partial charge in [0.15, 0.2) is 0 Å². The topological polar surface area (TPSA) is 242 Å². The number of nitrogens with zero attached hydrogens (tertiary/aromatic N) is 1. The predicted octanol–water partition coefficient (Wildman–Crippen LogP) is -2.17. The molecule has 1 saturated heterocycles. The van der Waals surface area contributed by atoms with Crippen molar-refractivity contribution in [2.45, 2.75) is 75.5 Å². The van der Waals surface area contributed by atoms with Gasteiger partial charge in [-0.1, -0.05) is 6.42 Å². The Morgan fingerprint density at radius 2 is 1.56 bits per heavy atom. The van der Waals surface area contributed by atoms with Crippen LogP contribution < -0.4 is 22.1 Å². The minimum atomic E-state index is -1.60. The standard InChI is InChI=1S/C20H33N5O9/c21-8-2-1-4-11(22)17(30)23-12(6-7-15(26)27)18(31)24-13(10-16(28)29)19(32)25-9-3-5-14(25)20(33)34/h11-14H,1-10,21-22H2,(H,23,30)(H,24,31)(H,26,27)(H,28,29)(H,33,34). The summed E-state index contributed by atoms with van der Waals surface area (Å²) >= 11 is 0. The fourth-order valence-electron chi connectivity index (χ4n) is 3.59. The summed E-state index contributed by atoms with van der Waals surface area (Å²) in [6.07, 6.45) is 0.407. The number of carboxylic acids is 3. The number of carbonyl (C=O) groups excluding carboxylic acids is 3. The molecule has 4 atom stereocenters. The van der Waals surface area contributed by atoms with Crippen molar-refractivity contribution >= 4 is 35.6 Å². The first-order valence-corrected chi connectivity index (χ1v) is 11.0. The van der Waals surface area contributed by atoms with Crippen LogP contribution in [-0.2, 0) is 28.8 Å². The van der Waals surface area contributed by atoms with Gasteiger partial charge in [0.1, 0.15) is 18.1 Å². The minimum Gasteiger partial charge on any atom is -0.481 e. The van der Waals surface area contributed by atoms with Gasteiger partial charge in [-0.05, 0) is 38.6 Å². The number of carboxylic acid groups (broad SMARTS) is 3. The van der Waals surface area contributed by atoms with Gasteiger partial charge in [0.25, 0.3) is 0 Å². The molecular formula is C20H33N5O9. The Morgan fingerprint density at radius 1 is 0.912 bits per heavy atom. The van der Waals surface area contributed by atoms with Crippen LogP contribution in [0.25, 0.3) is 0 Å². The van der Waals surface area contributed by atoms with E-state index in [1.165, 1.54) is 0 Å². The van der Waals surface area contributed by atoms with Gasteiger partial charge in [0.05, 0.1) is 12.5 Å². The van der Waals surface area contributed by atoms with Crippen molar-refractivity contribution in [1.82, 2.24) is 15.5 Å². The van der Waals surface area contributed by atoms with Crippen molar-refractivity contribution < 1.29 is 44.1 Å². The van der Waals surface area contributed by atoms with Crippen LogP contribution in [0.4, 0.5) is 0 Å². The van der Waals surface area contributed by atoms with E-state index >= 15 is 0 Å². The number of likely N-dealkylation sites (tertiary alicyclic amines) is 1. The van der Waals surface area contributed by atoms with Gasteiger partial charge in [0, 0.05) is 13.0 Å². The predicted molar refractivity (Wildman–Crippen MR) is 116 cm³/mol. The Kier molecular flexibility index (Phi) is 11.9. The fourth-order valence-corrected chi connectivity index (χ4v) is 3.59. The monoisotopic (exact) mass is 487 g/mol. The number of carbonyl (C=O) groups is 6. The molecule has 14 heteroatoms. The third kappa shape index (κ3) is 9.31. The first-order chi connectivity index (χ1) is 16.0. The normalized spacial score (nSPS) is 17.9. The van der Waals surface area contributed by atoms with Crippen LogP contribution in [0.5, 0.6) is 0 Å². The van der Waals surface area contributed by atoms with E-state index in [4.69, 9.17) is 16.6 Å². The number of aliphatic carboxylic acids is 3. The van der Waals surface area contributed by atoms with Crippen LogP contribution in [0.1, 0.15) is 51.4 Å². The Morgan fingerprint density at radius 3 is 2.12 bits per heavy atom. The highest BCUT2D eigenvalue weighted by Gasteiger charge is 2.39. The molecule has 0 aliphatic carbocycles. The maximum Gasteiger partial charge on any atom is 0.326 e.